The first-order valence-electron chi connectivity index (χ1n) is 7.35. The predicted molar refractivity (Wildman–Crippen MR) is 86.9 cm³/mol. The van der Waals surface area contributed by atoms with Gasteiger partial charge in [-0.1, -0.05) is 24.9 Å². The Labute approximate surface area is 134 Å². The van der Waals surface area contributed by atoms with Crippen LogP contribution < -0.4 is 10.4 Å². The first-order valence-corrected chi connectivity index (χ1v) is 7.73. The van der Waals surface area contributed by atoms with Gasteiger partial charge in [0, 0.05) is 17.5 Å². The molecule has 1 aromatic heterocycles. The average molecular weight is 323 g/mol. The molecule has 0 amide bonds. The van der Waals surface area contributed by atoms with Crippen LogP contribution in [-0.4, -0.2) is 11.9 Å². The summed E-state index contributed by atoms with van der Waals surface area (Å²) in [6.07, 6.45) is 2.20. The summed E-state index contributed by atoms with van der Waals surface area (Å²) in [5.41, 5.74) is 0.946. The molecule has 0 radical (unpaired) electrons. The molecule has 0 aliphatic carbocycles. The number of unbranched alkanes of at least 4 members (excludes halogenated alkanes) is 1. The summed E-state index contributed by atoms with van der Waals surface area (Å²) in [5.74, 6) is 0.238. The van der Waals surface area contributed by atoms with E-state index in [1.54, 1.807) is 19.1 Å². The number of ether oxygens (including phenoxy) is 1. The van der Waals surface area contributed by atoms with Gasteiger partial charge in [0.25, 0.3) is 0 Å². The fourth-order valence-electron chi connectivity index (χ4n) is 2.17. The van der Waals surface area contributed by atoms with Gasteiger partial charge in [0.15, 0.2) is 11.9 Å². The summed E-state index contributed by atoms with van der Waals surface area (Å²) in [6.45, 7) is 5.19. The Hall–Kier alpha value is -1.81. The quantitative estimate of drug-likeness (QED) is 0.750. The lowest BCUT2D eigenvalue weighted by atomic mass is 10.0. The maximum Gasteiger partial charge on any atom is 0.336 e. The van der Waals surface area contributed by atoms with Gasteiger partial charge in [-0.2, -0.15) is 0 Å². The van der Waals surface area contributed by atoms with Crippen LogP contribution in [-0.2, 0) is 11.2 Å². The largest absolute Gasteiger partial charge is 0.481 e. The van der Waals surface area contributed by atoms with Crippen LogP contribution in [0.1, 0.15) is 39.2 Å². The van der Waals surface area contributed by atoms with Gasteiger partial charge in [0.1, 0.15) is 11.3 Å². The van der Waals surface area contributed by atoms with Crippen molar-refractivity contribution >= 4 is 28.4 Å². The molecular formula is C17H19ClO4. The highest BCUT2D eigenvalue weighted by atomic mass is 35.5. The van der Waals surface area contributed by atoms with E-state index >= 15 is 0 Å². The lowest BCUT2D eigenvalue weighted by Gasteiger charge is -2.14. The molecule has 1 unspecified atom stereocenters. The molecular weight excluding hydrogens is 304 g/mol. The normalized spacial score (nSPS) is 12.4. The van der Waals surface area contributed by atoms with E-state index in [-0.39, 0.29) is 5.78 Å². The Morgan fingerprint density at radius 2 is 2.09 bits per heavy atom. The Balaban J connectivity index is 2.49. The number of aryl methyl sites for hydroxylation is 1. The SMILES string of the molecule is CCCCc1cc(=O)oc2cc(OC(C)C(C)=O)c(Cl)cc12. The van der Waals surface area contributed by atoms with E-state index in [1.807, 2.05) is 0 Å². The lowest BCUT2D eigenvalue weighted by Crippen LogP contribution is -2.20. The number of Topliss-reactive ketones (excluding diaryl/α,β-unsaturated/α-hetero) is 1. The molecule has 2 rings (SSSR count). The number of fused-ring (bicyclic) bond motifs is 1. The molecule has 0 N–H and O–H groups in total. The number of hydrogen-bond donors (Lipinski definition) is 0. The molecule has 0 aliphatic heterocycles. The van der Waals surface area contributed by atoms with Gasteiger partial charge in [-0.25, -0.2) is 4.79 Å². The molecule has 0 spiro atoms. The van der Waals surface area contributed by atoms with Crippen LogP contribution in [0.25, 0.3) is 11.0 Å². The molecule has 5 heteroatoms. The molecule has 2 aromatic rings. The summed E-state index contributed by atoms with van der Waals surface area (Å²) in [5, 5.41) is 1.20. The number of carbonyl (C=O) groups excluding carboxylic acids is 1. The van der Waals surface area contributed by atoms with Crippen molar-refractivity contribution in [3.63, 3.8) is 0 Å². The standard InChI is InChI=1S/C17H19ClO4/c1-4-5-6-12-7-17(20)22-15-9-16(14(18)8-13(12)15)21-11(3)10(2)19/h7-9,11H,4-6H2,1-3H3. The highest BCUT2D eigenvalue weighted by Gasteiger charge is 2.15. The lowest BCUT2D eigenvalue weighted by molar-refractivity contribution is -0.122. The molecule has 22 heavy (non-hydrogen) atoms. The zero-order chi connectivity index (χ0) is 16.3. The fourth-order valence-corrected chi connectivity index (χ4v) is 2.37. The second-order valence-corrected chi connectivity index (χ2v) is 5.75. The van der Waals surface area contributed by atoms with E-state index in [9.17, 15) is 9.59 Å². The fraction of sp³-hybridized carbons (Fsp3) is 0.412. The number of hydrogen-bond acceptors (Lipinski definition) is 4. The van der Waals surface area contributed by atoms with Crippen LogP contribution in [0.2, 0.25) is 5.02 Å². The van der Waals surface area contributed by atoms with Crippen LogP contribution in [0.4, 0.5) is 0 Å². The molecule has 1 heterocycles. The van der Waals surface area contributed by atoms with Crippen LogP contribution in [0.15, 0.2) is 27.4 Å². The summed E-state index contributed by atoms with van der Waals surface area (Å²) >= 11 is 6.24. The van der Waals surface area contributed by atoms with E-state index in [1.165, 1.54) is 13.0 Å². The van der Waals surface area contributed by atoms with Gasteiger partial charge in [0.05, 0.1) is 5.02 Å². The van der Waals surface area contributed by atoms with E-state index in [0.717, 1.165) is 30.2 Å². The van der Waals surface area contributed by atoms with Gasteiger partial charge in [0.2, 0.25) is 0 Å². The van der Waals surface area contributed by atoms with Crippen LogP contribution >= 0.6 is 11.6 Å². The molecule has 0 saturated heterocycles. The van der Waals surface area contributed by atoms with Crippen molar-refractivity contribution < 1.29 is 13.9 Å². The maximum absolute atomic E-state index is 11.7. The highest BCUT2D eigenvalue weighted by molar-refractivity contribution is 6.32. The van der Waals surface area contributed by atoms with Gasteiger partial charge >= 0.3 is 5.63 Å². The third-order valence-corrected chi connectivity index (χ3v) is 3.85. The summed E-state index contributed by atoms with van der Waals surface area (Å²) in [7, 11) is 0. The topological polar surface area (TPSA) is 56.5 Å². The molecule has 118 valence electrons. The Morgan fingerprint density at radius 1 is 1.36 bits per heavy atom. The molecule has 0 saturated carbocycles. The first kappa shape index (κ1) is 16.6. The van der Waals surface area contributed by atoms with Crippen molar-refractivity contribution in [1.82, 2.24) is 0 Å². The number of ketones is 1. The third kappa shape index (κ3) is 3.69. The van der Waals surface area contributed by atoms with Crippen molar-refractivity contribution in [2.45, 2.75) is 46.1 Å². The van der Waals surface area contributed by atoms with Crippen molar-refractivity contribution in [2.75, 3.05) is 0 Å². The minimum Gasteiger partial charge on any atom is -0.481 e. The summed E-state index contributed by atoms with van der Waals surface area (Å²) in [6, 6.07) is 4.81. The van der Waals surface area contributed by atoms with Gasteiger partial charge in [-0.05, 0) is 38.3 Å². The van der Waals surface area contributed by atoms with Crippen molar-refractivity contribution in [1.29, 1.82) is 0 Å². The average Bonchev–Trinajstić information content (AvgIpc) is 2.46. The maximum atomic E-state index is 11.7. The second-order valence-electron chi connectivity index (χ2n) is 5.34. The van der Waals surface area contributed by atoms with Crippen LogP contribution in [0, 0.1) is 0 Å². The van der Waals surface area contributed by atoms with Crippen molar-refractivity contribution in [3.05, 3.63) is 39.2 Å². The predicted octanol–water partition coefficient (Wildman–Crippen LogP) is 4.15. The summed E-state index contributed by atoms with van der Waals surface area (Å²) in [4.78, 5) is 23.0. The van der Waals surface area contributed by atoms with E-state index in [0.29, 0.717) is 16.4 Å². The molecule has 0 aliphatic rings. The van der Waals surface area contributed by atoms with E-state index in [2.05, 4.69) is 6.92 Å². The van der Waals surface area contributed by atoms with Gasteiger partial charge in [-0.3, -0.25) is 4.79 Å². The van der Waals surface area contributed by atoms with Crippen molar-refractivity contribution in [3.8, 4) is 5.75 Å². The minimum atomic E-state index is -0.607. The third-order valence-electron chi connectivity index (χ3n) is 3.56. The molecule has 0 fully saturated rings. The Bertz CT molecular complexity index is 748. The molecule has 4 nitrogen and oxygen atoms in total. The number of benzene rings is 1. The minimum absolute atomic E-state index is 0.102. The van der Waals surface area contributed by atoms with E-state index in [4.69, 9.17) is 20.8 Å². The monoisotopic (exact) mass is 322 g/mol. The van der Waals surface area contributed by atoms with Crippen molar-refractivity contribution in [2.24, 2.45) is 0 Å². The molecule has 0 bridgehead atoms. The van der Waals surface area contributed by atoms with Gasteiger partial charge < -0.3 is 9.15 Å². The first-order chi connectivity index (χ1) is 10.4. The summed E-state index contributed by atoms with van der Waals surface area (Å²) < 4.78 is 10.8. The second kappa shape index (κ2) is 6.97. The Kier molecular flexibility index (Phi) is 5.24. The zero-order valence-electron chi connectivity index (χ0n) is 12.9. The molecule has 1 atom stereocenters. The van der Waals surface area contributed by atoms with Crippen LogP contribution in [0.5, 0.6) is 5.75 Å². The Morgan fingerprint density at radius 3 is 2.73 bits per heavy atom. The number of halogens is 1. The van der Waals surface area contributed by atoms with E-state index < -0.39 is 11.7 Å². The zero-order valence-corrected chi connectivity index (χ0v) is 13.7. The highest BCUT2D eigenvalue weighted by Crippen LogP contribution is 2.32. The number of rotatable bonds is 6. The van der Waals surface area contributed by atoms with Gasteiger partial charge in [-0.15, -0.1) is 0 Å². The smallest absolute Gasteiger partial charge is 0.336 e. The van der Waals surface area contributed by atoms with Crippen LogP contribution in [0.3, 0.4) is 0 Å². The molecule has 1 aromatic carbocycles. The number of carbonyl (C=O) groups is 1.